The monoisotopic (exact) mass is 195 g/mol. The molecular weight excluding hydrogens is 178 g/mol. The third kappa shape index (κ3) is 2.58. The number of hydrogen-bond acceptors (Lipinski definition) is 3. The van der Waals surface area contributed by atoms with Gasteiger partial charge in [0.25, 0.3) is 5.56 Å². The average molecular weight is 195 g/mol. The van der Waals surface area contributed by atoms with E-state index in [0.29, 0.717) is 18.3 Å². The van der Waals surface area contributed by atoms with Crippen molar-refractivity contribution < 1.29 is 0 Å². The van der Waals surface area contributed by atoms with E-state index in [-0.39, 0.29) is 5.56 Å². The van der Waals surface area contributed by atoms with E-state index in [1.807, 2.05) is 0 Å². The van der Waals surface area contributed by atoms with Gasteiger partial charge >= 0.3 is 0 Å². The van der Waals surface area contributed by atoms with Crippen LogP contribution in [0.1, 0.15) is 26.7 Å². The fraction of sp³-hybridized carbons (Fsp3) is 0.600. The molecule has 0 saturated heterocycles. The highest BCUT2D eigenvalue weighted by molar-refractivity contribution is 5.23. The van der Waals surface area contributed by atoms with Gasteiger partial charge in [-0.15, -0.1) is 0 Å². The van der Waals surface area contributed by atoms with Crippen LogP contribution in [0.5, 0.6) is 0 Å². The number of nitrogen functional groups attached to an aromatic ring is 1. The second kappa shape index (κ2) is 4.79. The first-order valence-corrected chi connectivity index (χ1v) is 5.01. The van der Waals surface area contributed by atoms with Crippen LogP contribution in [0.15, 0.2) is 16.9 Å². The van der Waals surface area contributed by atoms with Crippen LogP contribution in [0, 0.1) is 5.92 Å². The van der Waals surface area contributed by atoms with Crippen molar-refractivity contribution in [2.45, 2.75) is 33.2 Å². The molecule has 2 N–H and O–H groups in total. The molecule has 14 heavy (non-hydrogen) atoms. The normalized spacial score (nSPS) is 10.8. The van der Waals surface area contributed by atoms with Gasteiger partial charge in [-0.25, -0.2) is 4.68 Å². The summed E-state index contributed by atoms with van der Waals surface area (Å²) < 4.78 is 1.45. The number of anilines is 1. The lowest BCUT2D eigenvalue weighted by atomic mass is 10.0. The van der Waals surface area contributed by atoms with Crippen LogP contribution in [0.3, 0.4) is 0 Å². The molecule has 0 aliphatic carbocycles. The zero-order valence-electron chi connectivity index (χ0n) is 8.73. The molecule has 1 rings (SSSR count). The molecule has 0 spiro atoms. The summed E-state index contributed by atoms with van der Waals surface area (Å²) in [5.41, 5.74) is 5.44. The Hall–Kier alpha value is -1.32. The van der Waals surface area contributed by atoms with Crippen molar-refractivity contribution in [1.29, 1.82) is 0 Å². The smallest absolute Gasteiger partial charge is 0.266 e. The molecule has 1 aromatic heterocycles. The summed E-state index contributed by atoms with van der Waals surface area (Å²) in [5, 5.41) is 3.99. The number of rotatable bonds is 4. The predicted molar refractivity (Wildman–Crippen MR) is 57.0 cm³/mol. The molecule has 4 heteroatoms. The molecule has 0 bridgehead atoms. The molecule has 1 aromatic rings. The van der Waals surface area contributed by atoms with Crippen molar-refractivity contribution in [1.82, 2.24) is 9.78 Å². The molecule has 4 nitrogen and oxygen atoms in total. The third-order valence-corrected chi connectivity index (χ3v) is 2.47. The zero-order valence-corrected chi connectivity index (χ0v) is 8.73. The van der Waals surface area contributed by atoms with E-state index < -0.39 is 0 Å². The van der Waals surface area contributed by atoms with Gasteiger partial charge in [0.1, 0.15) is 5.82 Å². The number of nitrogens with two attached hydrogens (primary N) is 1. The molecule has 0 radical (unpaired) electrons. The van der Waals surface area contributed by atoms with Crippen molar-refractivity contribution in [3.63, 3.8) is 0 Å². The van der Waals surface area contributed by atoms with E-state index in [4.69, 9.17) is 5.73 Å². The molecular formula is C10H17N3O. The highest BCUT2D eigenvalue weighted by Crippen LogP contribution is 2.08. The Balaban J connectivity index is 2.85. The standard InChI is InChI=1S/C10H17N3O/c1-3-8(4-2)7-13-10(14)6-5-9(11)12-13/h5-6,8H,3-4,7H2,1-2H3,(H2,11,12). The average Bonchev–Trinajstić information content (AvgIpc) is 2.19. The van der Waals surface area contributed by atoms with E-state index in [0.717, 1.165) is 12.8 Å². The first-order chi connectivity index (χ1) is 6.67. The third-order valence-electron chi connectivity index (χ3n) is 2.47. The largest absolute Gasteiger partial charge is 0.382 e. The van der Waals surface area contributed by atoms with E-state index in [9.17, 15) is 4.79 Å². The number of nitrogens with zero attached hydrogens (tertiary/aromatic N) is 2. The van der Waals surface area contributed by atoms with Crippen molar-refractivity contribution >= 4 is 5.82 Å². The minimum atomic E-state index is -0.0777. The molecule has 0 aliphatic rings. The van der Waals surface area contributed by atoms with E-state index in [1.54, 1.807) is 0 Å². The van der Waals surface area contributed by atoms with Crippen LogP contribution in [0.2, 0.25) is 0 Å². The van der Waals surface area contributed by atoms with Crippen LogP contribution in [0.4, 0.5) is 5.82 Å². The van der Waals surface area contributed by atoms with Crippen LogP contribution in [-0.2, 0) is 6.54 Å². The van der Waals surface area contributed by atoms with E-state index in [2.05, 4.69) is 18.9 Å². The molecule has 0 fully saturated rings. The molecule has 0 unspecified atom stereocenters. The summed E-state index contributed by atoms with van der Waals surface area (Å²) in [6.45, 7) is 4.90. The molecule has 1 heterocycles. The Morgan fingerprint density at radius 1 is 1.43 bits per heavy atom. The summed E-state index contributed by atoms with van der Waals surface area (Å²) >= 11 is 0. The maximum Gasteiger partial charge on any atom is 0.266 e. The maximum absolute atomic E-state index is 11.4. The summed E-state index contributed by atoms with van der Waals surface area (Å²) in [6, 6.07) is 3.00. The first kappa shape index (κ1) is 10.8. The number of aromatic nitrogens is 2. The lowest BCUT2D eigenvalue weighted by Crippen LogP contribution is -2.26. The number of hydrogen-bond donors (Lipinski definition) is 1. The first-order valence-electron chi connectivity index (χ1n) is 5.01. The molecule has 0 aliphatic heterocycles. The Morgan fingerprint density at radius 2 is 2.07 bits per heavy atom. The SMILES string of the molecule is CCC(CC)Cn1nc(N)ccc1=O. The lowest BCUT2D eigenvalue weighted by Gasteiger charge is -2.12. The van der Waals surface area contributed by atoms with E-state index >= 15 is 0 Å². The highest BCUT2D eigenvalue weighted by Gasteiger charge is 2.06. The predicted octanol–water partition coefficient (Wildman–Crippen LogP) is 1.26. The van der Waals surface area contributed by atoms with Gasteiger partial charge in [0.05, 0.1) is 0 Å². The van der Waals surface area contributed by atoms with Crippen molar-refractivity contribution in [2.24, 2.45) is 5.92 Å². The molecule has 0 aromatic carbocycles. The van der Waals surface area contributed by atoms with Crippen LogP contribution >= 0.6 is 0 Å². The minimum absolute atomic E-state index is 0.0777. The molecule has 78 valence electrons. The van der Waals surface area contributed by atoms with Gasteiger partial charge in [0, 0.05) is 12.6 Å². The second-order valence-electron chi connectivity index (χ2n) is 3.46. The summed E-state index contributed by atoms with van der Waals surface area (Å²) in [5.74, 6) is 0.901. The fourth-order valence-electron chi connectivity index (χ4n) is 1.39. The van der Waals surface area contributed by atoms with Gasteiger partial charge in [0.2, 0.25) is 0 Å². The van der Waals surface area contributed by atoms with Gasteiger partial charge in [-0.3, -0.25) is 4.79 Å². The van der Waals surface area contributed by atoms with Crippen molar-refractivity contribution in [3.8, 4) is 0 Å². The fourth-order valence-corrected chi connectivity index (χ4v) is 1.39. The summed E-state index contributed by atoms with van der Waals surface area (Å²) in [7, 11) is 0. The van der Waals surface area contributed by atoms with Crippen LogP contribution in [-0.4, -0.2) is 9.78 Å². The second-order valence-corrected chi connectivity index (χ2v) is 3.46. The molecule has 0 atom stereocenters. The minimum Gasteiger partial charge on any atom is -0.382 e. The van der Waals surface area contributed by atoms with Gasteiger partial charge in [-0.05, 0) is 12.0 Å². The Labute approximate surface area is 83.7 Å². The zero-order chi connectivity index (χ0) is 10.6. The summed E-state index contributed by atoms with van der Waals surface area (Å²) in [6.07, 6.45) is 2.11. The quantitative estimate of drug-likeness (QED) is 0.786. The maximum atomic E-state index is 11.4. The molecule has 0 saturated carbocycles. The Kier molecular flexibility index (Phi) is 3.68. The van der Waals surface area contributed by atoms with Gasteiger partial charge < -0.3 is 5.73 Å². The Bertz CT molecular complexity index is 341. The van der Waals surface area contributed by atoms with Crippen molar-refractivity contribution in [3.05, 3.63) is 22.5 Å². The van der Waals surface area contributed by atoms with Gasteiger partial charge in [-0.2, -0.15) is 5.10 Å². The van der Waals surface area contributed by atoms with Crippen molar-refractivity contribution in [2.75, 3.05) is 5.73 Å². The van der Waals surface area contributed by atoms with E-state index in [1.165, 1.54) is 16.8 Å². The summed E-state index contributed by atoms with van der Waals surface area (Å²) in [4.78, 5) is 11.4. The topological polar surface area (TPSA) is 60.9 Å². The van der Waals surface area contributed by atoms with Crippen LogP contribution < -0.4 is 11.3 Å². The lowest BCUT2D eigenvalue weighted by molar-refractivity contribution is 0.386. The molecule has 0 amide bonds. The highest BCUT2D eigenvalue weighted by atomic mass is 16.1. The Morgan fingerprint density at radius 3 is 2.64 bits per heavy atom. The van der Waals surface area contributed by atoms with Crippen LogP contribution in [0.25, 0.3) is 0 Å². The van der Waals surface area contributed by atoms with Gasteiger partial charge in [-0.1, -0.05) is 26.7 Å². The van der Waals surface area contributed by atoms with Gasteiger partial charge in [0.15, 0.2) is 0 Å².